The van der Waals surface area contributed by atoms with Gasteiger partial charge in [-0.3, -0.25) is 14.6 Å². The molecule has 0 N–H and O–H groups in total. The van der Waals surface area contributed by atoms with Gasteiger partial charge in [-0.15, -0.1) is 0 Å². The van der Waals surface area contributed by atoms with Crippen molar-refractivity contribution in [3.8, 4) is 17.1 Å². The van der Waals surface area contributed by atoms with Crippen molar-refractivity contribution in [3.05, 3.63) is 41.7 Å². The maximum Gasteiger partial charge on any atom is 0.305 e. The van der Waals surface area contributed by atoms with E-state index in [4.69, 9.17) is 9.47 Å². The summed E-state index contributed by atoms with van der Waals surface area (Å²) in [5.41, 5.74) is 3.15. The number of aromatic nitrogens is 2. The molecule has 0 amide bonds. The molecule has 1 fully saturated rings. The van der Waals surface area contributed by atoms with Gasteiger partial charge in [0.25, 0.3) is 0 Å². The van der Waals surface area contributed by atoms with E-state index in [0.717, 1.165) is 48.8 Å². The lowest BCUT2D eigenvalue weighted by atomic mass is 9.85. The highest BCUT2D eigenvalue weighted by molar-refractivity contribution is 5.75. The minimum atomic E-state index is -0.137. The summed E-state index contributed by atoms with van der Waals surface area (Å²) in [6.07, 6.45) is 8.44. The number of methoxy groups -OCH3 is 1. The molecule has 6 nitrogen and oxygen atoms in total. The van der Waals surface area contributed by atoms with Crippen LogP contribution < -0.4 is 4.74 Å². The summed E-state index contributed by atoms with van der Waals surface area (Å²) in [6, 6.07) is 5.54. The summed E-state index contributed by atoms with van der Waals surface area (Å²) in [7, 11) is 1.43. The Bertz CT molecular complexity index is 796. The van der Waals surface area contributed by atoms with Crippen molar-refractivity contribution in [1.82, 2.24) is 9.97 Å². The second-order valence-electron chi connectivity index (χ2n) is 6.98. The van der Waals surface area contributed by atoms with Crippen LogP contribution >= 0.6 is 0 Å². The zero-order valence-corrected chi connectivity index (χ0v) is 15.7. The average Bonchev–Trinajstić information content (AvgIpc) is 2.71. The number of ether oxygens (including phenoxy) is 2. The highest BCUT2D eigenvalue weighted by Crippen LogP contribution is 2.31. The van der Waals surface area contributed by atoms with Crippen molar-refractivity contribution in [1.29, 1.82) is 0 Å². The fourth-order valence-corrected chi connectivity index (χ4v) is 3.40. The first-order chi connectivity index (χ1) is 13.1. The zero-order valence-electron chi connectivity index (χ0n) is 15.7. The Morgan fingerprint density at radius 3 is 2.56 bits per heavy atom. The van der Waals surface area contributed by atoms with E-state index >= 15 is 0 Å². The normalized spacial score (nSPS) is 19.3. The van der Waals surface area contributed by atoms with E-state index in [1.165, 1.54) is 7.11 Å². The van der Waals surface area contributed by atoms with Crippen LogP contribution in [-0.4, -0.2) is 35.4 Å². The summed E-state index contributed by atoms with van der Waals surface area (Å²) in [4.78, 5) is 30.9. The first-order valence-corrected chi connectivity index (χ1v) is 9.20. The topological polar surface area (TPSA) is 78.4 Å². The number of carbonyl (C=O) groups is 2. The third kappa shape index (κ3) is 4.90. The number of esters is 1. The Morgan fingerprint density at radius 1 is 1.19 bits per heavy atom. The van der Waals surface area contributed by atoms with Crippen LogP contribution in [0.1, 0.15) is 48.0 Å². The van der Waals surface area contributed by atoms with Gasteiger partial charge in [0.1, 0.15) is 6.10 Å². The Morgan fingerprint density at radius 2 is 1.96 bits per heavy atom. The number of pyridine rings is 2. The summed E-state index contributed by atoms with van der Waals surface area (Å²) >= 11 is 0. The summed E-state index contributed by atoms with van der Waals surface area (Å²) in [5, 5.41) is 0. The SMILES string of the molecule is COC(=O)C[C@H]1CC[C@H](Oc2ncc(-c3ccc(C=O)cn3)cc2C)CC1. The van der Waals surface area contributed by atoms with Crippen LogP contribution in [0, 0.1) is 12.8 Å². The fourth-order valence-electron chi connectivity index (χ4n) is 3.40. The minimum Gasteiger partial charge on any atom is -0.474 e. The molecule has 1 aliphatic carbocycles. The van der Waals surface area contributed by atoms with Crippen molar-refractivity contribution >= 4 is 12.3 Å². The minimum absolute atomic E-state index is 0.126. The lowest BCUT2D eigenvalue weighted by Crippen LogP contribution is -2.26. The number of nitrogens with zero attached hydrogens (tertiary/aromatic N) is 2. The predicted octanol–water partition coefficient (Wildman–Crippen LogP) is 3.77. The lowest BCUT2D eigenvalue weighted by molar-refractivity contribution is -0.142. The van der Waals surface area contributed by atoms with Crippen LogP contribution in [0.5, 0.6) is 5.88 Å². The second-order valence-corrected chi connectivity index (χ2v) is 6.98. The van der Waals surface area contributed by atoms with E-state index in [1.54, 1.807) is 18.5 Å². The summed E-state index contributed by atoms with van der Waals surface area (Å²) < 4.78 is 10.8. The van der Waals surface area contributed by atoms with Crippen LogP contribution in [0.25, 0.3) is 11.3 Å². The highest BCUT2D eigenvalue weighted by Gasteiger charge is 2.25. The molecule has 27 heavy (non-hydrogen) atoms. The van der Waals surface area contributed by atoms with E-state index in [2.05, 4.69) is 9.97 Å². The molecule has 0 saturated heterocycles. The molecule has 2 aromatic rings. The third-order valence-electron chi connectivity index (χ3n) is 5.00. The molecule has 2 heterocycles. The van der Waals surface area contributed by atoms with E-state index in [0.29, 0.717) is 23.8 Å². The van der Waals surface area contributed by atoms with E-state index in [1.807, 2.05) is 19.1 Å². The molecular formula is C21H24N2O4. The number of aryl methyl sites for hydroxylation is 1. The van der Waals surface area contributed by atoms with Crippen LogP contribution in [-0.2, 0) is 9.53 Å². The molecule has 0 bridgehead atoms. The van der Waals surface area contributed by atoms with Crippen LogP contribution in [0.3, 0.4) is 0 Å². The standard InChI is InChI=1S/C21H24N2O4/c1-14-9-17(19-8-5-16(13-24)11-22-19)12-23-21(14)27-18-6-3-15(4-7-18)10-20(25)26-2/h5,8-9,11-13,15,18H,3-4,6-7,10H2,1-2H3/t15-,18-. The Kier molecular flexibility index (Phi) is 6.16. The Hall–Kier alpha value is -2.76. The smallest absolute Gasteiger partial charge is 0.305 e. The molecule has 0 radical (unpaired) electrons. The number of rotatable bonds is 6. The average molecular weight is 368 g/mol. The maximum atomic E-state index is 11.4. The fraction of sp³-hybridized carbons (Fsp3) is 0.429. The maximum absolute atomic E-state index is 11.4. The second kappa shape index (κ2) is 8.75. The van der Waals surface area contributed by atoms with Gasteiger partial charge >= 0.3 is 5.97 Å². The monoisotopic (exact) mass is 368 g/mol. The first-order valence-electron chi connectivity index (χ1n) is 9.20. The van der Waals surface area contributed by atoms with Gasteiger partial charge in [0.2, 0.25) is 5.88 Å². The van der Waals surface area contributed by atoms with Gasteiger partial charge in [0.05, 0.1) is 12.8 Å². The molecule has 0 unspecified atom stereocenters. The van der Waals surface area contributed by atoms with Gasteiger partial charge in [0.15, 0.2) is 6.29 Å². The van der Waals surface area contributed by atoms with Crippen molar-refractivity contribution in [2.75, 3.05) is 7.11 Å². The van der Waals surface area contributed by atoms with Gasteiger partial charge in [0, 0.05) is 35.5 Å². The number of carbonyl (C=O) groups excluding carboxylic acids is 2. The lowest BCUT2D eigenvalue weighted by Gasteiger charge is -2.28. The molecule has 3 rings (SSSR count). The molecule has 1 aliphatic rings. The quantitative estimate of drug-likeness (QED) is 0.570. The first kappa shape index (κ1) is 19.0. The van der Waals surface area contributed by atoms with Gasteiger partial charge in [-0.1, -0.05) is 0 Å². The van der Waals surface area contributed by atoms with Crippen LogP contribution in [0.4, 0.5) is 0 Å². The number of hydrogen-bond acceptors (Lipinski definition) is 6. The zero-order chi connectivity index (χ0) is 19.2. The molecule has 0 aromatic carbocycles. The van der Waals surface area contributed by atoms with Crippen molar-refractivity contribution in [2.24, 2.45) is 5.92 Å². The van der Waals surface area contributed by atoms with E-state index < -0.39 is 0 Å². The van der Waals surface area contributed by atoms with Gasteiger partial charge < -0.3 is 9.47 Å². The number of hydrogen-bond donors (Lipinski definition) is 0. The Labute approximate surface area is 158 Å². The molecule has 142 valence electrons. The number of aldehydes is 1. The molecule has 6 heteroatoms. The molecule has 0 atom stereocenters. The van der Waals surface area contributed by atoms with Gasteiger partial charge in [-0.2, -0.15) is 0 Å². The summed E-state index contributed by atoms with van der Waals surface area (Å²) in [5.74, 6) is 0.885. The van der Waals surface area contributed by atoms with E-state index in [-0.39, 0.29) is 12.1 Å². The van der Waals surface area contributed by atoms with Crippen LogP contribution in [0.2, 0.25) is 0 Å². The molecular weight excluding hydrogens is 344 g/mol. The summed E-state index contributed by atoms with van der Waals surface area (Å²) in [6.45, 7) is 1.97. The van der Waals surface area contributed by atoms with Crippen molar-refractivity contribution < 1.29 is 19.1 Å². The van der Waals surface area contributed by atoms with Gasteiger partial charge in [-0.05, 0) is 56.7 Å². The Balaban J connectivity index is 1.60. The molecule has 0 spiro atoms. The molecule has 1 saturated carbocycles. The van der Waals surface area contributed by atoms with Gasteiger partial charge in [-0.25, -0.2) is 4.98 Å². The van der Waals surface area contributed by atoms with Crippen LogP contribution in [0.15, 0.2) is 30.6 Å². The molecule has 0 aliphatic heterocycles. The van der Waals surface area contributed by atoms with E-state index in [9.17, 15) is 9.59 Å². The highest BCUT2D eigenvalue weighted by atomic mass is 16.5. The largest absolute Gasteiger partial charge is 0.474 e. The predicted molar refractivity (Wildman–Crippen MR) is 101 cm³/mol. The van der Waals surface area contributed by atoms with Crippen molar-refractivity contribution in [3.63, 3.8) is 0 Å². The van der Waals surface area contributed by atoms with Crippen molar-refractivity contribution in [2.45, 2.75) is 45.1 Å². The molecule has 2 aromatic heterocycles. The third-order valence-corrected chi connectivity index (χ3v) is 5.00.